The van der Waals surface area contributed by atoms with Crippen LogP contribution in [0.5, 0.6) is 28.7 Å². The molecule has 2 aromatic heterocycles. The fourth-order valence-electron chi connectivity index (χ4n) is 17.0. The Hall–Kier alpha value is -15.6. The molecule has 2 amide bonds. The number of amides is 2. The number of rotatable bonds is 53. The van der Waals surface area contributed by atoms with E-state index >= 15 is 4.39 Å². The van der Waals surface area contributed by atoms with Gasteiger partial charge in [0.2, 0.25) is 10.3 Å². The Bertz CT molecular complexity index is 6970. The van der Waals surface area contributed by atoms with Crippen LogP contribution in [0.25, 0.3) is 61.3 Å². The second kappa shape index (κ2) is 54.9. The molecule has 0 saturated carbocycles. The molecule has 24 nitrogen and oxygen atoms in total. The van der Waals surface area contributed by atoms with Crippen LogP contribution in [0.4, 0.5) is 14.7 Å². The minimum atomic E-state index is -0.827. The minimum absolute atomic E-state index is 0.0176. The van der Waals surface area contributed by atoms with Crippen LogP contribution in [0.15, 0.2) is 294 Å². The zero-order valence-electron chi connectivity index (χ0n) is 84.7. The summed E-state index contributed by atoms with van der Waals surface area (Å²) in [5.74, 6) is 5.14. The van der Waals surface area contributed by atoms with Gasteiger partial charge in [0.25, 0.3) is 11.8 Å². The van der Waals surface area contributed by atoms with Crippen LogP contribution in [-0.2, 0) is 55.8 Å². The van der Waals surface area contributed by atoms with Gasteiger partial charge >= 0.3 is 17.9 Å². The van der Waals surface area contributed by atoms with Crippen LogP contribution < -0.4 is 33.7 Å². The van der Waals surface area contributed by atoms with Crippen molar-refractivity contribution in [1.29, 1.82) is 0 Å². The van der Waals surface area contributed by atoms with E-state index < -0.39 is 35.5 Å². The summed E-state index contributed by atoms with van der Waals surface area (Å²) in [4.78, 5) is 76.7. The number of esters is 3. The van der Waals surface area contributed by atoms with Crippen LogP contribution in [0, 0.1) is 47.8 Å². The van der Waals surface area contributed by atoms with Gasteiger partial charge in [-0.05, 0) is 254 Å². The molecule has 2 saturated heterocycles. The third-order valence-electron chi connectivity index (χ3n) is 26.0. The Morgan fingerprint density at radius 1 is 0.493 bits per heavy atom. The van der Waals surface area contributed by atoms with E-state index in [2.05, 4.69) is 90.5 Å². The molecule has 0 atom stereocenters. The first-order valence-corrected chi connectivity index (χ1v) is 52.3. The van der Waals surface area contributed by atoms with Crippen molar-refractivity contribution in [2.24, 2.45) is 31.2 Å². The summed E-state index contributed by atoms with van der Waals surface area (Å²) < 4.78 is 81.2. The maximum Gasteiger partial charge on any atom is 0.343 e. The number of fused-ring (bicyclic) bond motifs is 5. The number of ether oxygens (including phenoxy) is 11. The van der Waals surface area contributed by atoms with Gasteiger partial charge in [0.15, 0.2) is 11.6 Å². The predicted octanol–water partition coefficient (Wildman–Crippen LogP) is 25.6. The zero-order chi connectivity index (χ0) is 105. The largest absolute Gasteiger partial charge is 0.494 e. The summed E-state index contributed by atoms with van der Waals surface area (Å²) >= 11 is 2.42. The number of hydrogen-bond acceptors (Lipinski definition) is 24. The van der Waals surface area contributed by atoms with E-state index in [4.69, 9.17) is 68.5 Å². The smallest absolute Gasteiger partial charge is 0.343 e. The lowest BCUT2D eigenvalue weighted by Crippen LogP contribution is -2.45. The van der Waals surface area contributed by atoms with Gasteiger partial charge in [0, 0.05) is 86.4 Å². The minimum Gasteiger partial charge on any atom is -0.494 e. The maximum absolute atomic E-state index is 16.9. The molecule has 0 bridgehead atoms. The van der Waals surface area contributed by atoms with Crippen molar-refractivity contribution < 1.29 is 80.5 Å². The third kappa shape index (κ3) is 29.3. The molecule has 13 aromatic rings. The molecule has 0 radical (unpaired) electrons. The number of hydrogen-bond donors (Lipinski definition) is 0. The Morgan fingerprint density at radius 3 is 1.49 bits per heavy atom. The van der Waals surface area contributed by atoms with E-state index in [-0.39, 0.29) is 72.6 Å². The summed E-state index contributed by atoms with van der Waals surface area (Å²) in [6.45, 7) is 29.4. The van der Waals surface area contributed by atoms with Crippen molar-refractivity contribution in [3.8, 4) is 86.6 Å². The van der Waals surface area contributed by atoms with Gasteiger partial charge in [-0.3, -0.25) is 9.59 Å². The Morgan fingerprint density at radius 2 is 0.973 bits per heavy atom. The number of terminal acetylenes is 1. The monoisotopic (exact) mass is 2050 g/mol. The summed E-state index contributed by atoms with van der Waals surface area (Å²) in [5.41, 5.74) is 11.9. The molecule has 0 unspecified atom stereocenters. The molecule has 768 valence electrons. The summed E-state index contributed by atoms with van der Waals surface area (Å²) in [6.07, 6.45) is 28.5. The number of nitrogens with zero attached hydrogens (tertiary/aromatic N) is 8. The number of aryl methyl sites for hydroxylation is 1. The van der Waals surface area contributed by atoms with Gasteiger partial charge in [0.1, 0.15) is 35.3 Å². The number of carbonyl (C=O) groups excluding carboxylic acids is 5. The summed E-state index contributed by atoms with van der Waals surface area (Å²) in [6, 6.07) is 68.2. The predicted molar refractivity (Wildman–Crippen MR) is 594 cm³/mol. The fraction of sp³-hybridized carbons (Fsp3) is 0.276. The molecule has 150 heavy (non-hydrogen) atoms. The van der Waals surface area contributed by atoms with Gasteiger partial charge in [-0.25, -0.2) is 28.7 Å². The third-order valence-corrected chi connectivity index (χ3v) is 27.6. The number of hydrazone groups is 2. The van der Waals surface area contributed by atoms with Gasteiger partial charge in [0.05, 0.1) is 113 Å². The standard InChI is InChI=1S/C65H54N6O8S2.C58H67FN2O8/c1-5-44-21-29-56(30-22-44)78-41-45-35-53(39-66-70(59(72)6-2)64-68-57(42-80-64)51-25-23-46-17-11-13-19-49(46)37-51)62(79-63(75)48-27-31-55(32-28-48)76-33-15-9-10-16-34-77-61(74)8-4)54(36-45)40-67-71(60(73)7-3)65-69-58(43-81-65)52-26-24-47-18-12-14-20-50(47)38-52;1-5-8-21-47-44(28-33-63-29-17-9-10-18-30-64-37-57(6-2)39-66-40-57)35-46(36-60-61-54-50-24-15-13-22-48(50)49-23-14-16-25-51(49)54)55(53(47)59)69-56(62)45-26-27-52(43(4)34-45)68-32-20-12-11-19-31-65-38-58(7-3)41-67-42-58/h5-8,11-14,17-32,35-40,42-43H,1-4,9-10,15-16,33-34,41H2;1,13-16,22-27,34-36H,6-7,9-12,17-20,28-33,37-42H2,2-4H3/b66-39+,67-40+;60-36+. The van der Waals surface area contributed by atoms with Crippen molar-refractivity contribution in [1.82, 2.24) is 9.97 Å². The van der Waals surface area contributed by atoms with E-state index in [1.165, 1.54) is 41.3 Å². The van der Waals surface area contributed by atoms with Crippen molar-refractivity contribution >= 4 is 115 Å². The molecule has 2 aliphatic heterocycles. The molecule has 2 fully saturated rings. The lowest BCUT2D eigenvalue weighted by atomic mass is 9.84. The number of aromatic nitrogens is 2. The number of halogens is 1. The molecule has 0 N–H and O–H groups in total. The highest BCUT2D eigenvalue weighted by molar-refractivity contribution is 7.14. The quantitative estimate of drug-likeness (QED) is 0.00652. The van der Waals surface area contributed by atoms with E-state index in [1.807, 2.05) is 163 Å². The normalized spacial score (nSPS) is 12.9. The fourth-order valence-corrected chi connectivity index (χ4v) is 18.6. The summed E-state index contributed by atoms with van der Waals surface area (Å²) in [5, 5.41) is 29.2. The molecule has 3 aliphatic rings. The highest BCUT2D eigenvalue weighted by Crippen LogP contribution is 2.41. The second-order valence-electron chi connectivity index (χ2n) is 36.6. The number of unbranched alkanes of at least 4 members (excludes halogenated alkanes) is 9. The van der Waals surface area contributed by atoms with Crippen LogP contribution in [-0.4, -0.2) is 150 Å². The molecule has 4 heterocycles. The maximum atomic E-state index is 16.9. The van der Waals surface area contributed by atoms with Crippen molar-refractivity contribution in [3.63, 3.8) is 0 Å². The van der Waals surface area contributed by atoms with E-state index in [0.29, 0.717) is 84.9 Å². The molecule has 16 rings (SSSR count). The number of anilines is 2. The highest BCUT2D eigenvalue weighted by Gasteiger charge is 2.38. The first kappa shape index (κ1) is 109. The average Bonchev–Trinajstić information content (AvgIpc) is 1.61. The molecule has 1 aliphatic carbocycles. The van der Waals surface area contributed by atoms with E-state index in [9.17, 15) is 24.0 Å². The zero-order valence-corrected chi connectivity index (χ0v) is 86.3. The van der Waals surface area contributed by atoms with Crippen molar-refractivity contribution in [2.45, 2.75) is 124 Å². The molecule has 0 spiro atoms. The molecular formula is C123H121FN8O16S2. The van der Waals surface area contributed by atoms with Crippen molar-refractivity contribution in [2.75, 3.05) is 95.9 Å². The van der Waals surface area contributed by atoms with Crippen LogP contribution in [0.2, 0.25) is 0 Å². The average molecular weight is 2050 g/mol. The second-order valence-corrected chi connectivity index (χ2v) is 38.3. The molecule has 11 aromatic carbocycles. The first-order chi connectivity index (χ1) is 73.4. The lowest BCUT2D eigenvalue weighted by molar-refractivity contribution is -0.150. The van der Waals surface area contributed by atoms with Crippen LogP contribution >= 0.6 is 22.7 Å². The van der Waals surface area contributed by atoms with Gasteiger partial charge in [-0.2, -0.15) is 25.3 Å². The lowest BCUT2D eigenvalue weighted by Gasteiger charge is -2.40. The van der Waals surface area contributed by atoms with Gasteiger partial charge in [-0.1, -0.05) is 199 Å². The Kier molecular flexibility index (Phi) is 39.8. The first-order valence-electron chi connectivity index (χ1n) is 50.5. The number of carbonyl (C=O) groups is 5. The molecule has 27 heteroatoms. The van der Waals surface area contributed by atoms with Crippen LogP contribution in [0.1, 0.15) is 180 Å². The van der Waals surface area contributed by atoms with E-state index in [0.717, 1.165) is 237 Å². The number of thiazole rings is 2. The summed E-state index contributed by atoms with van der Waals surface area (Å²) in [7, 11) is 0. The number of benzene rings is 11. The van der Waals surface area contributed by atoms with E-state index in [1.54, 1.807) is 66.7 Å². The van der Waals surface area contributed by atoms with Gasteiger partial charge in [-0.15, -0.1) is 34.2 Å². The Labute approximate surface area is 883 Å². The van der Waals surface area contributed by atoms with Gasteiger partial charge < -0.3 is 52.1 Å². The van der Waals surface area contributed by atoms with Crippen molar-refractivity contribution in [3.05, 3.63) is 346 Å². The topological polar surface area (TPSA) is 269 Å². The highest BCUT2D eigenvalue weighted by atomic mass is 32.1. The molecular weight excluding hydrogens is 1930 g/mol. The van der Waals surface area contributed by atoms with Crippen LogP contribution in [0.3, 0.4) is 0 Å². The Balaban J connectivity index is 0.000000227. The SMILES string of the molecule is C#CC#Cc1c(CCOCCCCCCOCC2(CC)COC2)cc(/C=N/N=C2c3ccccc3-c3ccccc32)c(OC(=O)c2ccc(OCCCCCCOCC3(CC)COC3)c(C)c2)c1F.C=CC(=O)OCCCCCCOc1ccc(C(=O)Oc2c(/C=N/N(C(=O)C=C)c3nc(-c4ccc5ccccc5c4)cs3)cc(COc3ccc(C=C)cc3)cc2/C=N/N(C(=O)C=C)c2nc(-c3ccc4ccccc4c3)cs2)cc1.